The van der Waals surface area contributed by atoms with E-state index in [-0.39, 0.29) is 0 Å². The van der Waals surface area contributed by atoms with Crippen molar-refractivity contribution < 1.29 is 0 Å². The van der Waals surface area contributed by atoms with E-state index in [1.165, 1.54) is 16.7 Å². The van der Waals surface area contributed by atoms with Gasteiger partial charge in [0.2, 0.25) is 0 Å². The summed E-state index contributed by atoms with van der Waals surface area (Å²) >= 11 is 0. The van der Waals surface area contributed by atoms with Crippen molar-refractivity contribution in [1.82, 2.24) is 15.0 Å². The van der Waals surface area contributed by atoms with E-state index in [2.05, 4.69) is 57.4 Å². The molecular formula is C39H45N3. The minimum atomic E-state index is 1.03. The van der Waals surface area contributed by atoms with E-state index >= 15 is 0 Å². The van der Waals surface area contributed by atoms with Crippen molar-refractivity contribution >= 4 is 0 Å². The second-order valence-corrected chi connectivity index (χ2v) is 7.79. The van der Waals surface area contributed by atoms with Gasteiger partial charge in [0, 0.05) is 36.5 Å². The highest BCUT2D eigenvalue weighted by Gasteiger charge is 1.94. The van der Waals surface area contributed by atoms with E-state index in [4.69, 9.17) is 0 Å². The molecule has 3 aromatic carbocycles. The van der Waals surface area contributed by atoms with Crippen molar-refractivity contribution in [2.24, 2.45) is 0 Å². The maximum absolute atomic E-state index is 4.25. The lowest BCUT2D eigenvalue weighted by Gasteiger charge is -1.98. The van der Waals surface area contributed by atoms with Gasteiger partial charge < -0.3 is 0 Å². The van der Waals surface area contributed by atoms with Crippen molar-refractivity contribution in [3.8, 4) is 33.5 Å². The average Bonchev–Trinajstić information content (AvgIpc) is 3.14. The van der Waals surface area contributed by atoms with Crippen molar-refractivity contribution in [1.29, 1.82) is 0 Å². The van der Waals surface area contributed by atoms with E-state index in [0.717, 1.165) is 16.8 Å². The Labute approximate surface area is 254 Å². The zero-order chi connectivity index (χ0) is 30.7. The Hall–Kier alpha value is -4.89. The molecule has 0 saturated heterocycles. The first-order valence-electron chi connectivity index (χ1n) is 14.8. The zero-order valence-electron chi connectivity index (χ0n) is 25.9. The van der Waals surface area contributed by atoms with E-state index in [1.54, 1.807) is 6.20 Å². The summed E-state index contributed by atoms with van der Waals surface area (Å²) in [6.45, 7) is 12.0. The number of hydrogen-bond acceptors (Lipinski definition) is 3. The van der Waals surface area contributed by atoms with Gasteiger partial charge in [0.25, 0.3) is 0 Å². The highest BCUT2D eigenvalue weighted by molar-refractivity contribution is 5.62. The van der Waals surface area contributed by atoms with Gasteiger partial charge in [0.05, 0.1) is 5.69 Å². The molecule has 6 aromatic rings. The summed E-state index contributed by atoms with van der Waals surface area (Å²) in [6.07, 6.45) is 9.08. The fourth-order valence-electron chi connectivity index (χ4n) is 3.48. The topological polar surface area (TPSA) is 38.7 Å². The van der Waals surface area contributed by atoms with Gasteiger partial charge in [-0.15, -0.1) is 0 Å². The number of pyridine rings is 3. The summed E-state index contributed by atoms with van der Waals surface area (Å²) in [5.74, 6) is 0. The normalized spacial score (nSPS) is 8.71. The summed E-state index contributed by atoms with van der Waals surface area (Å²) in [5, 5.41) is 0. The number of hydrogen-bond donors (Lipinski definition) is 0. The molecule has 216 valence electrons. The largest absolute Gasteiger partial charge is 0.265 e. The molecule has 0 unspecified atom stereocenters. The molecule has 0 aliphatic carbocycles. The third kappa shape index (κ3) is 13.5. The molecule has 42 heavy (non-hydrogen) atoms. The Morgan fingerprint density at radius 2 is 0.738 bits per heavy atom. The lowest BCUT2D eigenvalue weighted by molar-refractivity contribution is 1.33. The molecule has 0 aliphatic rings. The maximum Gasteiger partial charge on any atom is 0.0701 e. The molecule has 0 N–H and O–H groups in total. The van der Waals surface area contributed by atoms with Crippen LogP contribution in [0.25, 0.3) is 33.5 Å². The summed E-state index contributed by atoms with van der Waals surface area (Å²) in [6, 6.07) is 44.6. The Bertz CT molecular complexity index is 1090. The van der Waals surface area contributed by atoms with Crippen LogP contribution < -0.4 is 0 Å². The number of nitrogens with zero attached hydrogens (tertiary/aromatic N) is 3. The molecule has 3 heteroatoms. The summed E-state index contributed by atoms with van der Waals surface area (Å²) in [7, 11) is 0. The summed E-state index contributed by atoms with van der Waals surface area (Å²) in [4.78, 5) is 12.3. The van der Waals surface area contributed by atoms with Crippen LogP contribution >= 0.6 is 0 Å². The molecule has 3 aromatic heterocycles. The molecular weight excluding hydrogens is 510 g/mol. The Kier molecular flexibility index (Phi) is 20.0. The zero-order valence-corrected chi connectivity index (χ0v) is 25.9. The first-order valence-corrected chi connectivity index (χ1v) is 14.8. The standard InChI is InChI=1S/3C11H9N.3C2H6/c1-2-6-10(7-3-1)11-8-4-5-9-12-11;1-2-5-10(6-3-1)11-7-4-8-12-9-11;1-2-4-10(5-3-1)11-6-8-12-9-7-11;3*1-2/h3*1-9H;3*1-2H3. The predicted octanol–water partition coefficient (Wildman–Crippen LogP) is 11.3. The van der Waals surface area contributed by atoms with Gasteiger partial charge in [-0.2, -0.15) is 0 Å². The molecule has 0 spiro atoms. The van der Waals surface area contributed by atoms with Crippen LogP contribution in [0.5, 0.6) is 0 Å². The molecule has 3 heterocycles. The van der Waals surface area contributed by atoms with Crippen LogP contribution in [0.3, 0.4) is 0 Å². The highest BCUT2D eigenvalue weighted by atomic mass is 14.7. The number of aromatic nitrogens is 3. The van der Waals surface area contributed by atoms with Gasteiger partial charge in [-0.05, 0) is 52.6 Å². The third-order valence-electron chi connectivity index (χ3n) is 5.29. The van der Waals surface area contributed by atoms with Gasteiger partial charge in [-0.1, -0.05) is 145 Å². The van der Waals surface area contributed by atoms with Crippen LogP contribution in [-0.4, -0.2) is 15.0 Å². The summed E-state index contributed by atoms with van der Waals surface area (Å²) < 4.78 is 0. The molecule has 0 amide bonds. The van der Waals surface area contributed by atoms with Gasteiger partial charge in [0.15, 0.2) is 0 Å². The third-order valence-corrected chi connectivity index (χ3v) is 5.29. The smallest absolute Gasteiger partial charge is 0.0701 e. The molecule has 0 saturated carbocycles. The first kappa shape index (κ1) is 35.1. The molecule has 6 rings (SSSR count). The summed E-state index contributed by atoms with van der Waals surface area (Å²) in [5.41, 5.74) is 7.02. The first-order chi connectivity index (χ1) is 20.9. The quantitative estimate of drug-likeness (QED) is 0.218. The molecule has 3 nitrogen and oxygen atoms in total. The van der Waals surface area contributed by atoms with E-state index < -0.39 is 0 Å². The maximum atomic E-state index is 4.25. The fraction of sp³-hybridized carbons (Fsp3) is 0.154. The second kappa shape index (κ2) is 24.0. The van der Waals surface area contributed by atoms with Crippen LogP contribution in [-0.2, 0) is 0 Å². The minimum Gasteiger partial charge on any atom is -0.265 e. The molecule has 0 aliphatic heterocycles. The average molecular weight is 556 g/mol. The molecule has 0 radical (unpaired) electrons. The Morgan fingerprint density at radius 1 is 0.310 bits per heavy atom. The Morgan fingerprint density at radius 3 is 1.19 bits per heavy atom. The number of rotatable bonds is 3. The van der Waals surface area contributed by atoms with Crippen LogP contribution in [0.1, 0.15) is 41.5 Å². The van der Waals surface area contributed by atoms with E-state index in [9.17, 15) is 0 Å². The van der Waals surface area contributed by atoms with Gasteiger partial charge in [-0.3, -0.25) is 15.0 Å². The van der Waals surface area contributed by atoms with Crippen LogP contribution in [0.2, 0.25) is 0 Å². The van der Waals surface area contributed by atoms with Crippen molar-refractivity contribution in [2.45, 2.75) is 41.5 Å². The molecule has 0 atom stereocenters. The van der Waals surface area contributed by atoms with E-state index in [1.807, 2.05) is 157 Å². The minimum absolute atomic E-state index is 1.03. The Balaban J connectivity index is 0.000000289. The van der Waals surface area contributed by atoms with Gasteiger partial charge in [0.1, 0.15) is 0 Å². The van der Waals surface area contributed by atoms with Crippen molar-refractivity contribution in [3.63, 3.8) is 0 Å². The van der Waals surface area contributed by atoms with Crippen molar-refractivity contribution in [3.05, 3.63) is 164 Å². The van der Waals surface area contributed by atoms with Crippen LogP contribution in [0.4, 0.5) is 0 Å². The van der Waals surface area contributed by atoms with Gasteiger partial charge >= 0.3 is 0 Å². The van der Waals surface area contributed by atoms with Crippen LogP contribution in [0.15, 0.2) is 164 Å². The lowest BCUT2D eigenvalue weighted by Crippen LogP contribution is -1.79. The van der Waals surface area contributed by atoms with Crippen molar-refractivity contribution in [2.75, 3.05) is 0 Å². The predicted molar refractivity (Wildman–Crippen MR) is 183 cm³/mol. The molecule has 0 bridgehead atoms. The number of benzene rings is 3. The highest BCUT2D eigenvalue weighted by Crippen LogP contribution is 2.17. The van der Waals surface area contributed by atoms with E-state index in [0.29, 0.717) is 0 Å². The second-order valence-electron chi connectivity index (χ2n) is 7.79. The monoisotopic (exact) mass is 555 g/mol. The SMILES string of the molecule is CC.CC.CC.c1ccc(-c2ccccn2)cc1.c1ccc(-c2cccnc2)cc1.c1ccc(-c2ccncc2)cc1. The van der Waals surface area contributed by atoms with Gasteiger partial charge in [-0.25, -0.2) is 0 Å². The fourth-order valence-corrected chi connectivity index (χ4v) is 3.48. The lowest BCUT2D eigenvalue weighted by atomic mass is 10.1. The molecule has 0 fully saturated rings. The van der Waals surface area contributed by atoms with Crippen LogP contribution in [0, 0.1) is 0 Å².